The minimum absolute atomic E-state index is 0.117. The van der Waals surface area contributed by atoms with Gasteiger partial charge in [0.1, 0.15) is 17.7 Å². The Bertz CT molecular complexity index is 1340. The number of carbonyl (C=O) groups is 2. The van der Waals surface area contributed by atoms with Gasteiger partial charge < -0.3 is 20.1 Å². The Kier molecular flexibility index (Phi) is 10.4. The van der Waals surface area contributed by atoms with Gasteiger partial charge >= 0.3 is 6.18 Å². The van der Waals surface area contributed by atoms with Gasteiger partial charge in [0.2, 0.25) is 21.8 Å². The number of rotatable bonds is 9. The van der Waals surface area contributed by atoms with Crippen molar-refractivity contribution >= 4 is 27.5 Å². The van der Waals surface area contributed by atoms with Gasteiger partial charge in [-0.1, -0.05) is 6.92 Å². The number of aliphatic hydroxyl groups excluding tert-OH is 1. The second kappa shape index (κ2) is 13.2. The molecule has 0 spiro atoms. The molecule has 0 saturated heterocycles. The summed E-state index contributed by atoms with van der Waals surface area (Å²) < 4.78 is 84.5. The van der Waals surface area contributed by atoms with Gasteiger partial charge in [-0.2, -0.15) is 17.5 Å². The standard InChI is InChI=1S/C27H33F4N3O6S/c1-17-14-34(18(2)16-35)26(37)13-19-12-21(32-25(36)10-11-27(29,30)31)6-9-23(19)40-24(17)15-33(3)41(38,39)22-7-4-20(28)5-8-22/h4-9,12,17-18,24,35H,10-11,13-16H2,1-3H3,(H,32,36)/t17-,18-,24-/m0/s1. The van der Waals surface area contributed by atoms with Crippen molar-refractivity contribution < 1.29 is 45.4 Å². The number of amides is 2. The van der Waals surface area contributed by atoms with Crippen molar-refractivity contribution in [2.24, 2.45) is 5.92 Å². The van der Waals surface area contributed by atoms with Gasteiger partial charge in [-0.05, 0) is 49.4 Å². The number of hydrogen-bond donors (Lipinski definition) is 2. The van der Waals surface area contributed by atoms with Crippen molar-refractivity contribution in [3.63, 3.8) is 0 Å². The molecule has 2 aromatic carbocycles. The van der Waals surface area contributed by atoms with Crippen LogP contribution in [0.25, 0.3) is 0 Å². The summed E-state index contributed by atoms with van der Waals surface area (Å²) in [6, 6.07) is 8.10. The van der Waals surface area contributed by atoms with Crippen LogP contribution in [0.5, 0.6) is 5.75 Å². The third kappa shape index (κ3) is 8.63. The lowest BCUT2D eigenvalue weighted by Crippen LogP contribution is -2.48. The fourth-order valence-corrected chi connectivity index (χ4v) is 5.53. The van der Waals surface area contributed by atoms with Gasteiger partial charge in [0.15, 0.2) is 0 Å². The Morgan fingerprint density at radius 3 is 2.49 bits per heavy atom. The average Bonchev–Trinajstić information content (AvgIpc) is 2.94. The van der Waals surface area contributed by atoms with Crippen LogP contribution in [0.15, 0.2) is 47.4 Å². The molecular weight excluding hydrogens is 570 g/mol. The maximum atomic E-state index is 13.4. The number of hydrogen-bond acceptors (Lipinski definition) is 6. The van der Waals surface area contributed by atoms with E-state index in [9.17, 15) is 40.7 Å². The monoisotopic (exact) mass is 603 g/mol. The molecule has 226 valence electrons. The number of aliphatic hydroxyl groups is 1. The zero-order valence-electron chi connectivity index (χ0n) is 22.8. The van der Waals surface area contributed by atoms with Crippen LogP contribution in [0.3, 0.4) is 0 Å². The number of ether oxygens (including phenoxy) is 1. The molecule has 2 aromatic rings. The molecule has 3 rings (SSSR count). The summed E-state index contributed by atoms with van der Waals surface area (Å²) in [5.41, 5.74) is 0.482. The number of carbonyl (C=O) groups excluding carboxylic acids is 2. The zero-order valence-corrected chi connectivity index (χ0v) is 23.6. The molecule has 0 aromatic heterocycles. The molecule has 3 atom stereocenters. The number of nitrogens with zero attached hydrogens (tertiary/aromatic N) is 2. The molecule has 2 amide bonds. The van der Waals surface area contributed by atoms with Crippen molar-refractivity contribution in [1.82, 2.24) is 9.21 Å². The summed E-state index contributed by atoms with van der Waals surface area (Å²) in [5, 5.41) is 12.2. The Balaban J connectivity index is 1.92. The van der Waals surface area contributed by atoms with E-state index in [0.29, 0.717) is 5.56 Å². The summed E-state index contributed by atoms with van der Waals surface area (Å²) in [5.74, 6) is -2.00. The van der Waals surface area contributed by atoms with E-state index in [4.69, 9.17) is 4.74 Å². The lowest BCUT2D eigenvalue weighted by molar-refractivity contribution is -0.142. The second-order valence-corrected chi connectivity index (χ2v) is 12.2. The SMILES string of the molecule is C[C@H]1CN([C@@H](C)CO)C(=O)Cc2cc(NC(=O)CCC(F)(F)F)ccc2O[C@H]1CN(C)S(=O)(=O)c1ccc(F)cc1. The first kappa shape index (κ1) is 32.3. The van der Waals surface area contributed by atoms with Gasteiger partial charge in [-0.15, -0.1) is 0 Å². The lowest BCUT2D eigenvalue weighted by atomic mass is 10.0. The maximum absolute atomic E-state index is 13.4. The molecule has 1 aliphatic heterocycles. The van der Waals surface area contributed by atoms with Crippen LogP contribution in [0.1, 0.15) is 32.3 Å². The first-order valence-corrected chi connectivity index (χ1v) is 14.3. The maximum Gasteiger partial charge on any atom is 0.389 e. The fourth-order valence-electron chi connectivity index (χ4n) is 4.34. The van der Waals surface area contributed by atoms with Gasteiger partial charge in [0.25, 0.3) is 0 Å². The quantitative estimate of drug-likeness (QED) is 0.424. The Hall–Kier alpha value is -3.23. The highest BCUT2D eigenvalue weighted by molar-refractivity contribution is 7.89. The zero-order chi connectivity index (χ0) is 30.5. The minimum atomic E-state index is -4.49. The molecule has 0 fully saturated rings. The van der Waals surface area contributed by atoms with E-state index < -0.39 is 58.8 Å². The number of nitrogens with one attached hydrogen (secondary N) is 1. The first-order chi connectivity index (χ1) is 19.1. The fraction of sp³-hybridized carbons (Fsp3) is 0.481. The molecule has 41 heavy (non-hydrogen) atoms. The molecule has 9 nitrogen and oxygen atoms in total. The highest BCUT2D eigenvalue weighted by Gasteiger charge is 2.34. The van der Waals surface area contributed by atoms with Crippen LogP contribution in [0.2, 0.25) is 0 Å². The Morgan fingerprint density at radius 2 is 1.88 bits per heavy atom. The van der Waals surface area contributed by atoms with Crippen LogP contribution >= 0.6 is 0 Å². The molecule has 1 heterocycles. The summed E-state index contributed by atoms with van der Waals surface area (Å²) in [6.07, 6.45) is -7.53. The number of fused-ring (bicyclic) bond motifs is 1. The predicted octanol–water partition coefficient (Wildman–Crippen LogP) is 3.58. The smallest absolute Gasteiger partial charge is 0.389 e. The Morgan fingerprint density at radius 1 is 1.22 bits per heavy atom. The average molecular weight is 604 g/mol. The number of likely N-dealkylation sites (N-methyl/N-ethyl adjacent to an activating group) is 1. The molecular formula is C27H33F4N3O6S. The van der Waals surface area contributed by atoms with E-state index in [1.807, 2.05) is 0 Å². The summed E-state index contributed by atoms with van der Waals surface area (Å²) in [4.78, 5) is 26.7. The van der Waals surface area contributed by atoms with Crippen molar-refractivity contribution in [3.8, 4) is 5.75 Å². The first-order valence-electron chi connectivity index (χ1n) is 12.9. The highest BCUT2D eigenvalue weighted by Crippen LogP contribution is 2.30. The molecule has 0 bridgehead atoms. The van der Waals surface area contributed by atoms with Crippen molar-refractivity contribution in [2.75, 3.05) is 32.1 Å². The number of halogens is 4. The van der Waals surface area contributed by atoms with Gasteiger partial charge in [-0.3, -0.25) is 9.59 Å². The second-order valence-electron chi connectivity index (χ2n) is 10.1. The van der Waals surface area contributed by atoms with E-state index in [1.54, 1.807) is 13.8 Å². The predicted molar refractivity (Wildman–Crippen MR) is 142 cm³/mol. The minimum Gasteiger partial charge on any atom is -0.488 e. The van der Waals surface area contributed by atoms with E-state index >= 15 is 0 Å². The summed E-state index contributed by atoms with van der Waals surface area (Å²) in [7, 11) is -2.68. The van der Waals surface area contributed by atoms with Crippen molar-refractivity contribution in [3.05, 3.63) is 53.8 Å². The van der Waals surface area contributed by atoms with Crippen LogP contribution in [0.4, 0.5) is 23.2 Å². The van der Waals surface area contributed by atoms with Gasteiger partial charge in [0, 0.05) is 37.2 Å². The van der Waals surface area contributed by atoms with E-state index in [2.05, 4.69) is 5.32 Å². The summed E-state index contributed by atoms with van der Waals surface area (Å²) >= 11 is 0. The van der Waals surface area contributed by atoms with E-state index in [1.165, 1.54) is 30.1 Å². The number of anilines is 1. The molecule has 0 radical (unpaired) electrons. The molecule has 0 aliphatic carbocycles. The lowest BCUT2D eigenvalue weighted by Gasteiger charge is -2.33. The van der Waals surface area contributed by atoms with Crippen molar-refractivity contribution in [2.45, 2.75) is 56.3 Å². The van der Waals surface area contributed by atoms with Crippen LogP contribution < -0.4 is 10.1 Å². The molecule has 0 saturated carbocycles. The number of benzene rings is 2. The van der Waals surface area contributed by atoms with E-state index in [-0.39, 0.29) is 48.4 Å². The molecule has 0 unspecified atom stereocenters. The van der Waals surface area contributed by atoms with E-state index in [0.717, 1.165) is 28.6 Å². The Labute approximate surface area is 236 Å². The third-order valence-corrected chi connectivity index (χ3v) is 8.63. The van der Waals surface area contributed by atoms with Gasteiger partial charge in [-0.25, -0.2) is 12.8 Å². The van der Waals surface area contributed by atoms with Crippen LogP contribution in [-0.2, 0) is 26.0 Å². The molecule has 14 heteroatoms. The molecule has 2 N–H and O–H groups in total. The number of sulfonamides is 1. The van der Waals surface area contributed by atoms with Crippen LogP contribution in [-0.4, -0.2) is 79.6 Å². The van der Waals surface area contributed by atoms with Crippen molar-refractivity contribution in [1.29, 1.82) is 0 Å². The topological polar surface area (TPSA) is 116 Å². The largest absolute Gasteiger partial charge is 0.488 e. The van der Waals surface area contributed by atoms with Crippen LogP contribution in [0, 0.1) is 11.7 Å². The van der Waals surface area contributed by atoms with Gasteiger partial charge in [0.05, 0.1) is 36.9 Å². The number of alkyl halides is 3. The molecule has 1 aliphatic rings. The third-order valence-electron chi connectivity index (χ3n) is 6.79. The summed E-state index contributed by atoms with van der Waals surface area (Å²) in [6.45, 7) is 3.08. The highest BCUT2D eigenvalue weighted by atomic mass is 32.2. The normalized spacial score (nSPS) is 19.0.